The maximum absolute atomic E-state index is 5.67. The van der Waals surface area contributed by atoms with Crippen LogP contribution in [0.4, 0.5) is 0 Å². The van der Waals surface area contributed by atoms with E-state index in [-0.39, 0.29) is 0 Å². The molecule has 0 aliphatic carbocycles. The fourth-order valence-electron chi connectivity index (χ4n) is 1.03. The summed E-state index contributed by atoms with van der Waals surface area (Å²) in [7, 11) is 0. The zero-order valence-electron chi connectivity index (χ0n) is 6.21. The first-order valence-corrected chi connectivity index (χ1v) is 3.87. The molecule has 5 heteroatoms. The van der Waals surface area contributed by atoms with Gasteiger partial charge in [-0.1, -0.05) is 11.6 Å². The van der Waals surface area contributed by atoms with Crippen molar-refractivity contribution in [2.45, 2.75) is 6.54 Å². The summed E-state index contributed by atoms with van der Waals surface area (Å²) in [6.07, 6.45) is 1.64. The van der Waals surface area contributed by atoms with E-state index in [1.807, 2.05) is 0 Å². The van der Waals surface area contributed by atoms with E-state index in [2.05, 4.69) is 15.0 Å². The van der Waals surface area contributed by atoms with Gasteiger partial charge in [0, 0.05) is 6.07 Å². The van der Waals surface area contributed by atoms with Gasteiger partial charge < -0.3 is 10.7 Å². The molecule has 2 aromatic heterocycles. The van der Waals surface area contributed by atoms with Gasteiger partial charge in [-0.2, -0.15) is 0 Å². The van der Waals surface area contributed by atoms with Gasteiger partial charge in [-0.15, -0.1) is 0 Å². The Hall–Kier alpha value is -1.13. The fourth-order valence-corrected chi connectivity index (χ4v) is 1.19. The Balaban J connectivity index is 2.67. The first kappa shape index (κ1) is 7.52. The third kappa shape index (κ3) is 1.15. The number of fused-ring (bicyclic) bond motifs is 1. The highest BCUT2D eigenvalue weighted by molar-refractivity contribution is 6.29. The SMILES string of the molecule is NCc1nc2cc(Cl)ncc2[nH]1. The molecule has 0 aliphatic rings. The van der Waals surface area contributed by atoms with Crippen LogP contribution in [0.15, 0.2) is 12.3 Å². The van der Waals surface area contributed by atoms with Crippen LogP contribution in [-0.2, 0) is 6.54 Å². The number of rotatable bonds is 1. The van der Waals surface area contributed by atoms with Gasteiger partial charge >= 0.3 is 0 Å². The number of hydrogen-bond acceptors (Lipinski definition) is 3. The number of imidazole rings is 1. The van der Waals surface area contributed by atoms with E-state index in [1.165, 1.54) is 0 Å². The second-order valence-electron chi connectivity index (χ2n) is 2.41. The van der Waals surface area contributed by atoms with E-state index in [4.69, 9.17) is 17.3 Å². The number of pyridine rings is 1. The summed E-state index contributed by atoms with van der Waals surface area (Å²) < 4.78 is 0. The quantitative estimate of drug-likeness (QED) is 0.649. The Labute approximate surface area is 73.8 Å². The molecule has 2 heterocycles. The summed E-state index contributed by atoms with van der Waals surface area (Å²) in [5.74, 6) is 0.745. The van der Waals surface area contributed by atoms with Crippen molar-refractivity contribution in [3.8, 4) is 0 Å². The Bertz CT molecular complexity index is 409. The van der Waals surface area contributed by atoms with Crippen molar-refractivity contribution in [3.63, 3.8) is 0 Å². The number of nitrogens with one attached hydrogen (secondary N) is 1. The summed E-state index contributed by atoms with van der Waals surface area (Å²) in [5.41, 5.74) is 7.07. The van der Waals surface area contributed by atoms with E-state index in [1.54, 1.807) is 12.3 Å². The molecule has 0 amide bonds. The molecule has 4 nitrogen and oxygen atoms in total. The summed E-state index contributed by atoms with van der Waals surface area (Å²) in [6.45, 7) is 0.395. The van der Waals surface area contributed by atoms with Crippen molar-refractivity contribution in [2.75, 3.05) is 0 Å². The van der Waals surface area contributed by atoms with Gasteiger partial charge in [-0.25, -0.2) is 9.97 Å². The van der Waals surface area contributed by atoms with Crippen molar-refractivity contribution < 1.29 is 0 Å². The van der Waals surface area contributed by atoms with Crippen LogP contribution in [0, 0.1) is 0 Å². The zero-order chi connectivity index (χ0) is 8.55. The predicted octanol–water partition coefficient (Wildman–Crippen LogP) is 1.07. The Morgan fingerprint density at radius 1 is 1.58 bits per heavy atom. The van der Waals surface area contributed by atoms with Crippen molar-refractivity contribution in [3.05, 3.63) is 23.2 Å². The van der Waals surface area contributed by atoms with Crippen LogP contribution in [0.25, 0.3) is 11.0 Å². The van der Waals surface area contributed by atoms with Gasteiger partial charge in [0.15, 0.2) is 0 Å². The highest BCUT2D eigenvalue weighted by Crippen LogP contribution is 2.13. The molecule has 2 aromatic rings. The third-order valence-corrected chi connectivity index (χ3v) is 1.78. The van der Waals surface area contributed by atoms with Crippen molar-refractivity contribution in [2.24, 2.45) is 5.73 Å². The van der Waals surface area contributed by atoms with Gasteiger partial charge in [0.1, 0.15) is 11.0 Å². The molecule has 62 valence electrons. The Kier molecular flexibility index (Phi) is 1.71. The zero-order valence-corrected chi connectivity index (χ0v) is 6.97. The standard InChI is InChI=1S/C7H7ClN4/c8-6-1-4-5(3-10-6)12-7(2-9)11-4/h1,3H,2,9H2,(H,11,12). The summed E-state index contributed by atoms with van der Waals surface area (Å²) in [4.78, 5) is 11.1. The minimum absolute atomic E-state index is 0.395. The smallest absolute Gasteiger partial charge is 0.131 e. The molecule has 0 saturated carbocycles. The van der Waals surface area contributed by atoms with Crippen LogP contribution in [0.1, 0.15) is 5.82 Å². The largest absolute Gasteiger partial charge is 0.340 e. The van der Waals surface area contributed by atoms with Crippen LogP contribution in [0.5, 0.6) is 0 Å². The van der Waals surface area contributed by atoms with Crippen LogP contribution in [-0.4, -0.2) is 15.0 Å². The second kappa shape index (κ2) is 2.73. The van der Waals surface area contributed by atoms with Crippen LogP contribution in [0.2, 0.25) is 5.15 Å². The number of halogens is 1. The minimum Gasteiger partial charge on any atom is -0.340 e. The Morgan fingerprint density at radius 3 is 3.17 bits per heavy atom. The van der Waals surface area contributed by atoms with Crippen LogP contribution < -0.4 is 5.73 Å². The number of H-pyrrole nitrogens is 1. The van der Waals surface area contributed by atoms with Gasteiger partial charge in [0.2, 0.25) is 0 Å². The molecule has 12 heavy (non-hydrogen) atoms. The lowest BCUT2D eigenvalue weighted by molar-refractivity contribution is 0.958. The number of aromatic nitrogens is 3. The number of nitrogens with zero attached hydrogens (tertiary/aromatic N) is 2. The molecule has 3 N–H and O–H groups in total. The maximum atomic E-state index is 5.67. The van der Waals surface area contributed by atoms with Crippen molar-refractivity contribution >= 4 is 22.6 Å². The van der Waals surface area contributed by atoms with E-state index >= 15 is 0 Å². The van der Waals surface area contributed by atoms with Crippen molar-refractivity contribution in [1.29, 1.82) is 0 Å². The molecule has 2 rings (SSSR count). The average molecular weight is 183 g/mol. The Morgan fingerprint density at radius 2 is 2.42 bits per heavy atom. The fraction of sp³-hybridized carbons (Fsp3) is 0.143. The molecule has 0 bridgehead atoms. The van der Waals surface area contributed by atoms with Gasteiger partial charge in [-0.05, 0) is 0 Å². The highest BCUT2D eigenvalue weighted by Gasteiger charge is 2.01. The van der Waals surface area contributed by atoms with E-state index in [0.717, 1.165) is 16.9 Å². The highest BCUT2D eigenvalue weighted by atomic mass is 35.5. The van der Waals surface area contributed by atoms with E-state index in [0.29, 0.717) is 11.7 Å². The van der Waals surface area contributed by atoms with Crippen molar-refractivity contribution in [1.82, 2.24) is 15.0 Å². The van der Waals surface area contributed by atoms with Gasteiger partial charge in [-0.3, -0.25) is 0 Å². The third-order valence-electron chi connectivity index (χ3n) is 1.58. The second-order valence-corrected chi connectivity index (χ2v) is 2.80. The topological polar surface area (TPSA) is 67.6 Å². The monoisotopic (exact) mass is 182 g/mol. The summed E-state index contributed by atoms with van der Waals surface area (Å²) in [5, 5.41) is 0.442. The van der Waals surface area contributed by atoms with Gasteiger partial charge in [0.25, 0.3) is 0 Å². The average Bonchev–Trinajstić information content (AvgIpc) is 2.46. The molecule has 0 aromatic carbocycles. The molecule has 0 atom stereocenters. The first-order chi connectivity index (χ1) is 5.79. The van der Waals surface area contributed by atoms with Gasteiger partial charge in [0.05, 0.1) is 23.8 Å². The lowest BCUT2D eigenvalue weighted by Gasteiger charge is -1.86. The normalized spacial score (nSPS) is 10.8. The lowest BCUT2D eigenvalue weighted by atomic mass is 10.4. The summed E-state index contributed by atoms with van der Waals surface area (Å²) >= 11 is 5.67. The van der Waals surface area contributed by atoms with E-state index < -0.39 is 0 Å². The molecule has 0 spiro atoms. The van der Waals surface area contributed by atoms with E-state index in [9.17, 15) is 0 Å². The first-order valence-electron chi connectivity index (χ1n) is 3.50. The molecule has 0 saturated heterocycles. The number of hydrogen-bond donors (Lipinski definition) is 2. The minimum atomic E-state index is 0.395. The van der Waals surface area contributed by atoms with Crippen LogP contribution >= 0.6 is 11.6 Å². The molecule has 0 radical (unpaired) electrons. The summed E-state index contributed by atoms with van der Waals surface area (Å²) in [6, 6.07) is 1.70. The molecular formula is C7H7ClN4. The molecule has 0 unspecified atom stereocenters. The number of nitrogens with two attached hydrogens (primary N) is 1. The predicted molar refractivity (Wildman–Crippen MR) is 46.8 cm³/mol. The molecule has 0 fully saturated rings. The lowest BCUT2D eigenvalue weighted by Crippen LogP contribution is -1.97. The molecular weight excluding hydrogens is 176 g/mol. The van der Waals surface area contributed by atoms with Crippen LogP contribution in [0.3, 0.4) is 0 Å². The molecule has 0 aliphatic heterocycles. The maximum Gasteiger partial charge on any atom is 0.131 e. The number of aromatic amines is 1.